The molecule has 4 aromatic carbocycles. The molecule has 0 aliphatic carbocycles. The maximum absolute atomic E-state index is 13.6. The lowest BCUT2D eigenvalue weighted by Gasteiger charge is -2.24. The molecule has 0 radical (unpaired) electrons. The zero-order valence-electron chi connectivity index (χ0n) is 21.8. The van der Waals surface area contributed by atoms with E-state index in [9.17, 15) is 4.79 Å². The summed E-state index contributed by atoms with van der Waals surface area (Å²) in [6.45, 7) is 0. The average molecular weight is 492 g/mol. The Bertz CT molecular complexity index is 1150. The Hall–Kier alpha value is -3.85. The molecule has 0 bridgehead atoms. The molecule has 1 amide bonds. The van der Waals surface area contributed by atoms with Gasteiger partial charge in [0.25, 0.3) is 0 Å². The smallest absolute Gasteiger partial charge is 0.231 e. The van der Waals surface area contributed by atoms with Crippen LogP contribution in [0.15, 0.2) is 115 Å². The first-order valence-electron chi connectivity index (χ1n) is 13.3. The van der Waals surface area contributed by atoms with Crippen LogP contribution in [-0.4, -0.2) is 13.0 Å². The van der Waals surface area contributed by atoms with Crippen LogP contribution in [0, 0.1) is 5.92 Å². The van der Waals surface area contributed by atoms with E-state index in [-0.39, 0.29) is 5.91 Å². The normalized spacial score (nSPS) is 11.6. The second kappa shape index (κ2) is 14.0. The van der Waals surface area contributed by atoms with Crippen molar-refractivity contribution in [3.63, 3.8) is 0 Å². The first kappa shape index (κ1) is 26.2. The van der Waals surface area contributed by atoms with Gasteiger partial charge in [-0.25, -0.2) is 0 Å². The fraction of sp³-hybridized carbons (Fsp3) is 0.265. The highest BCUT2D eigenvalue weighted by atomic mass is 16.5. The van der Waals surface area contributed by atoms with Crippen molar-refractivity contribution in [3.8, 4) is 5.75 Å². The lowest BCUT2D eigenvalue weighted by Crippen LogP contribution is -2.26. The summed E-state index contributed by atoms with van der Waals surface area (Å²) in [5, 5.41) is 0. The zero-order valence-corrected chi connectivity index (χ0v) is 21.8. The van der Waals surface area contributed by atoms with Gasteiger partial charge < -0.3 is 4.74 Å². The molecule has 0 fully saturated rings. The fourth-order valence-corrected chi connectivity index (χ4v) is 4.87. The minimum Gasteiger partial charge on any atom is -0.497 e. The number of aryl methyl sites for hydroxylation is 2. The molecule has 37 heavy (non-hydrogen) atoms. The van der Waals surface area contributed by atoms with Crippen molar-refractivity contribution in [2.75, 3.05) is 12.0 Å². The molecule has 0 heterocycles. The van der Waals surface area contributed by atoms with Crippen molar-refractivity contribution in [2.45, 2.75) is 44.9 Å². The summed E-state index contributed by atoms with van der Waals surface area (Å²) in [4.78, 5) is 15.5. The van der Waals surface area contributed by atoms with Gasteiger partial charge >= 0.3 is 0 Å². The van der Waals surface area contributed by atoms with Crippen LogP contribution in [0.2, 0.25) is 0 Å². The third-order valence-corrected chi connectivity index (χ3v) is 6.97. The molecule has 0 saturated carbocycles. The quantitative estimate of drug-likeness (QED) is 0.188. The minimum absolute atomic E-state index is 0.150. The Kier molecular flexibility index (Phi) is 9.94. The Morgan fingerprint density at radius 3 is 1.76 bits per heavy atom. The lowest BCUT2D eigenvalue weighted by molar-refractivity contribution is -0.118. The third-order valence-electron chi connectivity index (χ3n) is 6.97. The van der Waals surface area contributed by atoms with E-state index in [1.807, 2.05) is 77.7 Å². The minimum atomic E-state index is 0.150. The average Bonchev–Trinajstić information content (AvgIpc) is 2.96. The second-order valence-electron chi connectivity index (χ2n) is 9.57. The molecule has 3 heteroatoms. The van der Waals surface area contributed by atoms with E-state index >= 15 is 0 Å². The molecule has 4 aromatic rings. The Labute approximate surface area is 221 Å². The lowest BCUT2D eigenvalue weighted by atomic mass is 9.89. The molecule has 0 N–H and O–H groups in total. The monoisotopic (exact) mass is 491 g/mol. The number of hydrogen-bond acceptors (Lipinski definition) is 2. The van der Waals surface area contributed by atoms with Gasteiger partial charge in [-0.3, -0.25) is 9.69 Å². The number of nitrogens with zero attached hydrogens (tertiary/aromatic N) is 1. The predicted octanol–water partition coefficient (Wildman–Crippen LogP) is 8.41. The topological polar surface area (TPSA) is 29.5 Å². The molecule has 0 unspecified atom stereocenters. The van der Waals surface area contributed by atoms with Crippen LogP contribution in [0.5, 0.6) is 5.75 Å². The summed E-state index contributed by atoms with van der Waals surface area (Å²) in [6, 6.07) is 39.0. The van der Waals surface area contributed by atoms with Crippen molar-refractivity contribution in [2.24, 2.45) is 5.92 Å². The molecular weight excluding hydrogens is 454 g/mol. The summed E-state index contributed by atoms with van der Waals surface area (Å²) in [6.07, 6.45) is 6.83. The molecule has 0 aliphatic heterocycles. The highest BCUT2D eigenvalue weighted by Crippen LogP contribution is 2.28. The molecule has 3 nitrogen and oxygen atoms in total. The number of benzene rings is 4. The van der Waals surface area contributed by atoms with E-state index in [0.29, 0.717) is 12.3 Å². The van der Waals surface area contributed by atoms with E-state index in [4.69, 9.17) is 4.74 Å². The summed E-state index contributed by atoms with van der Waals surface area (Å²) in [5.41, 5.74) is 4.53. The highest BCUT2D eigenvalue weighted by Gasteiger charge is 2.20. The summed E-state index contributed by atoms with van der Waals surface area (Å²) < 4.78 is 5.29. The first-order valence-corrected chi connectivity index (χ1v) is 13.3. The van der Waals surface area contributed by atoms with Crippen molar-refractivity contribution in [1.29, 1.82) is 0 Å². The van der Waals surface area contributed by atoms with Gasteiger partial charge in [-0.1, -0.05) is 85.3 Å². The molecule has 190 valence electrons. The molecule has 0 aromatic heterocycles. The van der Waals surface area contributed by atoms with Gasteiger partial charge in [0, 0.05) is 17.8 Å². The molecule has 4 rings (SSSR count). The third kappa shape index (κ3) is 8.08. The van der Waals surface area contributed by atoms with Crippen LogP contribution >= 0.6 is 0 Å². The van der Waals surface area contributed by atoms with Crippen LogP contribution in [-0.2, 0) is 17.6 Å². The van der Waals surface area contributed by atoms with Gasteiger partial charge in [0.2, 0.25) is 5.91 Å². The van der Waals surface area contributed by atoms with Gasteiger partial charge in [-0.15, -0.1) is 0 Å². The van der Waals surface area contributed by atoms with E-state index < -0.39 is 0 Å². The van der Waals surface area contributed by atoms with Crippen LogP contribution in [0.3, 0.4) is 0 Å². The number of carbonyl (C=O) groups excluding carboxylic acids is 1. The number of methoxy groups -OCH3 is 1. The van der Waals surface area contributed by atoms with Crippen LogP contribution in [0.4, 0.5) is 11.4 Å². The second-order valence-corrected chi connectivity index (χ2v) is 9.57. The Balaban J connectivity index is 1.40. The SMILES string of the molecule is COc1ccc(CCC[C@H](CCC(=O)N(c2ccccc2)c2ccccc2)CCc2ccccc2)cc1. The number of para-hydroxylation sites is 2. The molecule has 0 spiro atoms. The van der Waals surface area contributed by atoms with E-state index in [1.165, 1.54) is 11.1 Å². The van der Waals surface area contributed by atoms with Crippen molar-refractivity contribution in [1.82, 2.24) is 0 Å². The summed E-state index contributed by atoms with van der Waals surface area (Å²) in [5.74, 6) is 1.54. The summed E-state index contributed by atoms with van der Waals surface area (Å²) in [7, 11) is 1.70. The number of ether oxygens (including phenoxy) is 1. The van der Waals surface area contributed by atoms with Gasteiger partial charge in [-0.05, 0) is 85.5 Å². The van der Waals surface area contributed by atoms with Crippen LogP contribution < -0.4 is 9.64 Å². The van der Waals surface area contributed by atoms with Gasteiger partial charge in [-0.2, -0.15) is 0 Å². The van der Waals surface area contributed by atoms with Crippen LogP contribution in [0.25, 0.3) is 0 Å². The van der Waals surface area contributed by atoms with E-state index in [2.05, 4.69) is 42.5 Å². The van der Waals surface area contributed by atoms with Gasteiger partial charge in [0.05, 0.1) is 7.11 Å². The highest BCUT2D eigenvalue weighted by molar-refractivity contribution is 6.00. The predicted molar refractivity (Wildman–Crippen MR) is 153 cm³/mol. The first-order chi connectivity index (χ1) is 18.2. The molecule has 1 atom stereocenters. The Morgan fingerprint density at radius 2 is 1.19 bits per heavy atom. The largest absolute Gasteiger partial charge is 0.497 e. The number of amides is 1. The zero-order chi connectivity index (χ0) is 25.7. The fourth-order valence-electron chi connectivity index (χ4n) is 4.87. The van der Waals surface area contributed by atoms with Crippen molar-refractivity contribution in [3.05, 3.63) is 126 Å². The van der Waals surface area contributed by atoms with Crippen LogP contribution in [0.1, 0.15) is 43.2 Å². The van der Waals surface area contributed by atoms with Crippen molar-refractivity contribution < 1.29 is 9.53 Å². The maximum atomic E-state index is 13.6. The van der Waals surface area contributed by atoms with E-state index in [1.54, 1.807) is 7.11 Å². The number of carbonyl (C=O) groups is 1. The molecule has 0 aliphatic rings. The van der Waals surface area contributed by atoms with Crippen molar-refractivity contribution >= 4 is 17.3 Å². The maximum Gasteiger partial charge on any atom is 0.231 e. The van der Waals surface area contributed by atoms with Gasteiger partial charge in [0.15, 0.2) is 0 Å². The number of hydrogen-bond donors (Lipinski definition) is 0. The number of rotatable bonds is 13. The Morgan fingerprint density at radius 1 is 0.649 bits per heavy atom. The number of anilines is 2. The molecular formula is C34H37NO2. The van der Waals surface area contributed by atoms with Gasteiger partial charge in [0.1, 0.15) is 5.75 Å². The van der Waals surface area contributed by atoms with E-state index in [0.717, 1.165) is 55.6 Å². The standard InChI is InChI=1S/C34H37NO2/c1-37-33-25-22-30(23-26-33)15-11-14-29(21-20-28-12-5-2-6-13-28)24-27-34(36)35(31-16-7-3-8-17-31)32-18-9-4-10-19-32/h2-10,12-13,16-19,22-23,25-26,29H,11,14-15,20-21,24,27H2,1H3/t29-/m0/s1. The molecule has 0 saturated heterocycles. The summed E-state index contributed by atoms with van der Waals surface area (Å²) >= 11 is 0.